The van der Waals surface area contributed by atoms with E-state index in [4.69, 9.17) is 11.6 Å². The molecule has 1 aromatic carbocycles. The standard InChI is InChI=1S/C17H27ClN2/c1-13(2)10-19-11-15-16(18)7-4-8-17(15)20-9-5-6-14(3)12-20/h4,7-8,13-14,19H,5-6,9-12H2,1-3H3. The van der Waals surface area contributed by atoms with Crippen molar-refractivity contribution in [1.82, 2.24) is 5.32 Å². The number of nitrogens with one attached hydrogen (secondary N) is 1. The van der Waals surface area contributed by atoms with Crippen LogP contribution in [0.25, 0.3) is 0 Å². The average Bonchev–Trinajstić information content (AvgIpc) is 2.40. The quantitative estimate of drug-likeness (QED) is 0.870. The Morgan fingerprint density at radius 1 is 1.40 bits per heavy atom. The number of hydrogen-bond acceptors (Lipinski definition) is 2. The minimum absolute atomic E-state index is 0.663. The fraction of sp³-hybridized carbons (Fsp3) is 0.647. The molecular formula is C17H27ClN2. The molecule has 1 heterocycles. The van der Waals surface area contributed by atoms with Gasteiger partial charge in [0.25, 0.3) is 0 Å². The van der Waals surface area contributed by atoms with Gasteiger partial charge in [-0.3, -0.25) is 0 Å². The molecule has 1 aliphatic rings. The van der Waals surface area contributed by atoms with Gasteiger partial charge in [-0.15, -0.1) is 0 Å². The third kappa shape index (κ3) is 4.13. The molecule has 1 aromatic rings. The number of benzene rings is 1. The van der Waals surface area contributed by atoms with Gasteiger partial charge in [0.15, 0.2) is 0 Å². The Balaban J connectivity index is 2.12. The molecule has 1 unspecified atom stereocenters. The first-order chi connectivity index (χ1) is 9.58. The Hall–Kier alpha value is -0.730. The molecule has 0 aliphatic carbocycles. The van der Waals surface area contributed by atoms with Crippen LogP contribution in [0.1, 0.15) is 39.2 Å². The van der Waals surface area contributed by atoms with Crippen LogP contribution in [0.3, 0.4) is 0 Å². The lowest BCUT2D eigenvalue weighted by Crippen LogP contribution is -2.35. The maximum atomic E-state index is 6.43. The van der Waals surface area contributed by atoms with Crippen molar-refractivity contribution < 1.29 is 0 Å². The van der Waals surface area contributed by atoms with E-state index in [1.165, 1.54) is 24.1 Å². The molecule has 1 fully saturated rings. The summed E-state index contributed by atoms with van der Waals surface area (Å²) in [5.41, 5.74) is 2.57. The Morgan fingerprint density at radius 2 is 2.20 bits per heavy atom. The van der Waals surface area contributed by atoms with E-state index in [-0.39, 0.29) is 0 Å². The second-order valence-corrected chi connectivity index (χ2v) is 6.86. The highest BCUT2D eigenvalue weighted by molar-refractivity contribution is 6.31. The molecule has 0 amide bonds. The first-order valence-electron chi connectivity index (χ1n) is 7.81. The molecule has 0 bridgehead atoms. The molecule has 1 atom stereocenters. The number of anilines is 1. The molecule has 1 N–H and O–H groups in total. The Bertz CT molecular complexity index is 431. The first-order valence-corrected chi connectivity index (χ1v) is 8.18. The van der Waals surface area contributed by atoms with Gasteiger partial charge in [-0.25, -0.2) is 0 Å². The zero-order valence-corrected chi connectivity index (χ0v) is 13.7. The molecular weight excluding hydrogens is 268 g/mol. The minimum atomic E-state index is 0.663. The molecule has 0 spiro atoms. The molecule has 0 saturated carbocycles. The van der Waals surface area contributed by atoms with Gasteiger partial charge >= 0.3 is 0 Å². The lowest BCUT2D eigenvalue weighted by Gasteiger charge is -2.34. The van der Waals surface area contributed by atoms with Crippen LogP contribution in [0.4, 0.5) is 5.69 Å². The van der Waals surface area contributed by atoms with E-state index in [2.05, 4.69) is 43.1 Å². The van der Waals surface area contributed by atoms with E-state index < -0.39 is 0 Å². The van der Waals surface area contributed by atoms with Crippen molar-refractivity contribution in [1.29, 1.82) is 0 Å². The molecule has 20 heavy (non-hydrogen) atoms. The molecule has 1 aliphatic heterocycles. The Kier molecular flexibility index (Phi) is 5.74. The Labute approximate surface area is 128 Å². The van der Waals surface area contributed by atoms with E-state index in [1.54, 1.807) is 0 Å². The summed E-state index contributed by atoms with van der Waals surface area (Å²) >= 11 is 6.43. The SMILES string of the molecule is CC(C)CNCc1c(Cl)cccc1N1CCCC(C)C1. The van der Waals surface area contributed by atoms with Crippen LogP contribution in [0, 0.1) is 11.8 Å². The molecule has 2 rings (SSSR count). The normalized spacial score (nSPS) is 19.6. The second-order valence-electron chi connectivity index (χ2n) is 6.46. The molecule has 3 heteroatoms. The number of nitrogens with zero attached hydrogens (tertiary/aromatic N) is 1. The van der Waals surface area contributed by atoms with Crippen LogP contribution in [0.5, 0.6) is 0 Å². The molecule has 112 valence electrons. The lowest BCUT2D eigenvalue weighted by molar-refractivity contribution is 0.445. The zero-order chi connectivity index (χ0) is 14.5. The Morgan fingerprint density at radius 3 is 2.90 bits per heavy atom. The average molecular weight is 295 g/mol. The van der Waals surface area contributed by atoms with E-state index in [0.717, 1.165) is 37.1 Å². The van der Waals surface area contributed by atoms with Crippen molar-refractivity contribution >= 4 is 17.3 Å². The first kappa shape index (κ1) is 15.7. The van der Waals surface area contributed by atoms with Crippen LogP contribution in [0.15, 0.2) is 18.2 Å². The monoisotopic (exact) mass is 294 g/mol. The summed E-state index contributed by atoms with van der Waals surface area (Å²) in [6.07, 6.45) is 2.63. The van der Waals surface area contributed by atoms with E-state index in [9.17, 15) is 0 Å². The number of rotatable bonds is 5. The topological polar surface area (TPSA) is 15.3 Å². The highest BCUT2D eigenvalue weighted by atomic mass is 35.5. The van der Waals surface area contributed by atoms with Crippen molar-refractivity contribution in [2.45, 2.75) is 40.2 Å². The number of hydrogen-bond donors (Lipinski definition) is 1. The molecule has 0 aromatic heterocycles. The van der Waals surface area contributed by atoms with Crippen LogP contribution < -0.4 is 10.2 Å². The van der Waals surface area contributed by atoms with Crippen LogP contribution >= 0.6 is 11.6 Å². The lowest BCUT2D eigenvalue weighted by atomic mass is 9.98. The summed E-state index contributed by atoms with van der Waals surface area (Å²) in [7, 11) is 0. The molecule has 2 nitrogen and oxygen atoms in total. The van der Waals surface area contributed by atoms with Crippen molar-refractivity contribution in [2.24, 2.45) is 11.8 Å². The van der Waals surface area contributed by atoms with Crippen molar-refractivity contribution in [2.75, 3.05) is 24.5 Å². The van der Waals surface area contributed by atoms with Gasteiger partial charge in [0, 0.05) is 35.9 Å². The predicted molar refractivity (Wildman–Crippen MR) is 88.6 cm³/mol. The zero-order valence-electron chi connectivity index (χ0n) is 13.0. The van der Waals surface area contributed by atoms with Crippen LogP contribution in [-0.4, -0.2) is 19.6 Å². The summed E-state index contributed by atoms with van der Waals surface area (Å²) in [6, 6.07) is 6.30. The maximum absolute atomic E-state index is 6.43. The van der Waals surface area contributed by atoms with Gasteiger partial charge in [0.1, 0.15) is 0 Å². The second kappa shape index (κ2) is 7.33. The summed E-state index contributed by atoms with van der Waals surface area (Å²) in [5, 5.41) is 4.41. The van der Waals surface area contributed by atoms with E-state index >= 15 is 0 Å². The van der Waals surface area contributed by atoms with Crippen molar-refractivity contribution in [3.8, 4) is 0 Å². The highest BCUT2D eigenvalue weighted by Gasteiger charge is 2.19. The summed E-state index contributed by atoms with van der Waals surface area (Å²) in [6.45, 7) is 11.0. The minimum Gasteiger partial charge on any atom is -0.371 e. The van der Waals surface area contributed by atoms with Gasteiger partial charge < -0.3 is 10.2 Å². The summed E-state index contributed by atoms with van der Waals surface area (Å²) < 4.78 is 0. The number of piperidine rings is 1. The van der Waals surface area contributed by atoms with Gasteiger partial charge in [0.2, 0.25) is 0 Å². The van der Waals surface area contributed by atoms with E-state index in [0.29, 0.717) is 5.92 Å². The predicted octanol–water partition coefficient (Wildman–Crippen LogP) is 4.32. The summed E-state index contributed by atoms with van der Waals surface area (Å²) in [5.74, 6) is 1.44. The summed E-state index contributed by atoms with van der Waals surface area (Å²) in [4.78, 5) is 2.51. The largest absolute Gasteiger partial charge is 0.371 e. The maximum Gasteiger partial charge on any atom is 0.0471 e. The third-order valence-corrected chi connectivity index (χ3v) is 4.30. The van der Waals surface area contributed by atoms with Crippen LogP contribution in [-0.2, 0) is 6.54 Å². The van der Waals surface area contributed by atoms with Crippen molar-refractivity contribution in [3.63, 3.8) is 0 Å². The molecule has 1 saturated heterocycles. The van der Waals surface area contributed by atoms with Gasteiger partial charge in [-0.05, 0) is 43.4 Å². The van der Waals surface area contributed by atoms with Gasteiger partial charge in [-0.1, -0.05) is 38.4 Å². The fourth-order valence-electron chi connectivity index (χ4n) is 2.91. The van der Waals surface area contributed by atoms with Gasteiger partial charge in [-0.2, -0.15) is 0 Å². The third-order valence-electron chi connectivity index (χ3n) is 3.95. The fourth-order valence-corrected chi connectivity index (χ4v) is 3.15. The van der Waals surface area contributed by atoms with Crippen LogP contribution in [0.2, 0.25) is 5.02 Å². The van der Waals surface area contributed by atoms with E-state index in [1.807, 2.05) is 6.07 Å². The van der Waals surface area contributed by atoms with Gasteiger partial charge in [0.05, 0.1) is 0 Å². The highest BCUT2D eigenvalue weighted by Crippen LogP contribution is 2.30. The van der Waals surface area contributed by atoms with Crippen molar-refractivity contribution in [3.05, 3.63) is 28.8 Å². The number of halogens is 1. The molecule has 0 radical (unpaired) electrons. The smallest absolute Gasteiger partial charge is 0.0471 e.